The highest BCUT2D eigenvalue weighted by atomic mass is 79.9. The van der Waals surface area contributed by atoms with Gasteiger partial charge < -0.3 is 5.32 Å². The molecule has 108 valence electrons. The van der Waals surface area contributed by atoms with Crippen LogP contribution in [0.3, 0.4) is 0 Å². The highest BCUT2D eigenvalue weighted by molar-refractivity contribution is 9.10. The van der Waals surface area contributed by atoms with Gasteiger partial charge in [-0.1, -0.05) is 13.8 Å². The molecule has 1 heterocycles. The second-order valence-electron chi connectivity index (χ2n) is 5.26. The van der Waals surface area contributed by atoms with E-state index >= 15 is 0 Å². The topological polar surface area (TPSA) is 66.9 Å². The van der Waals surface area contributed by atoms with Crippen molar-refractivity contribution in [1.82, 2.24) is 14.9 Å². The third kappa shape index (κ3) is 5.74. The van der Waals surface area contributed by atoms with Crippen LogP contribution in [-0.4, -0.2) is 22.1 Å². The molecule has 1 aromatic rings. The van der Waals surface area contributed by atoms with Crippen LogP contribution < -0.4 is 16.6 Å². The highest BCUT2D eigenvalue weighted by Gasteiger charge is 2.04. The van der Waals surface area contributed by atoms with Gasteiger partial charge in [0.2, 0.25) is 0 Å². The predicted octanol–water partition coefficient (Wildman–Crippen LogP) is 1.71. The average molecular weight is 332 g/mol. The van der Waals surface area contributed by atoms with Gasteiger partial charge in [-0.05, 0) is 41.6 Å². The summed E-state index contributed by atoms with van der Waals surface area (Å²) in [4.78, 5) is 25.0. The Morgan fingerprint density at radius 3 is 2.63 bits per heavy atom. The molecule has 0 saturated carbocycles. The average Bonchev–Trinajstić information content (AvgIpc) is 2.33. The van der Waals surface area contributed by atoms with Crippen molar-refractivity contribution in [3.05, 3.63) is 31.5 Å². The van der Waals surface area contributed by atoms with Gasteiger partial charge in [-0.2, -0.15) is 0 Å². The molecule has 0 aromatic carbocycles. The number of aromatic nitrogens is 2. The van der Waals surface area contributed by atoms with E-state index in [1.54, 1.807) is 0 Å². The molecule has 0 saturated heterocycles. The lowest BCUT2D eigenvalue weighted by molar-refractivity contribution is 0.438. The van der Waals surface area contributed by atoms with Crippen molar-refractivity contribution in [2.24, 2.45) is 5.92 Å². The van der Waals surface area contributed by atoms with E-state index in [1.807, 2.05) is 0 Å². The minimum atomic E-state index is -0.389. The number of halogens is 1. The fourth-order valence-corrected chi connectivity index (χ4v) is 2.11. The molecule has 0 bridgehead atoms. The molecule has 0 aliphatic heterocycles. The van der Waals surface area contributed by atoms with E-state index in [9.17, 15) is 9.59 Å². The van der Waals surface area contributed by atoms with Gasteiger partial charge in [0.1, 0.15) is 0 Å². The Morgan fingerprint density at radius 2 is 2.00 bits per heavy atom. The number of rotatable bonds is 7. The van der Waals surface area contributed by atoms with Crippen LogP contribution in [0.1, 0.15) is 33.6 Å². The van der Waals surface area contributed by atoms with E-state index in [1.165, 1.54) is 17.2 Å². The third-order valence-corrected chi connectivity index (χ3v) is 3.55. The maximum atomic E-state index is 11.5. The van der Waals surface area contributed by atoms with E-state index in [2.05, 4.69) is 47.0 Å². The first kappa shape index (κ1) is 16.2. The monoisotopic (exact) mass is 331 g/mol. The van der Waals surface area contributed by atoms with Crippen molar-refractivity contribution in [2.75, 3.05) is 6.54 Å². The van der Waals surface area contributed by atoms with Gasteiger partial charge in [0.15, 0.2) is 0 Å². The van der Waals surface area contributed by atoms with Crippen LogP contribution in [0, 0.1) is 5.92 Å². The highest BCUT2D eigenvalue weighted by Crippen LogP contribution is 2.06. The summed E-state index contributed by atoms with van der Waals surface area (Å²) in [5, 5.41) is 3.38. The maximum Gasteiger partial charge on any atom is 0.328 e. The Morgan fingerprint density at radius 1 is 1.32 bits per heavy atom. The molecule has 19 heavy (non-hydrogen) atoms. The smallest absolute Gasteiger partial charge is 0.312 e. The predicted molar refractivity (Wildman–Crippen MR) is 80.6 cm³/mol. The SMILES string of the molecule is CC(C)CCC(C)NCCn1cc(Br)c(=O)[nH]c1=O. The van der Waals surface area contributed by atoms with Gasteiger partial charge in [0.05, 0.1) is 4.47 Å². The van der Waals surface area contributed by atoms with Crippen LogP contribution >= 0.6 is 15.9 Å². The molecule has 0 spiro atoms. The first-order valence-corrected chi connectivity index (χ1v) is 7.42. The van der Waals surface area contributed by atoms with Gasteiger partial charge in [0, 0.05) is 25.3 Å². The summed E-state index contributed by atoms with van der Waals surface area (Å²) in [5.74, 6) is 0.710. The van der Waals surface area contributed by atoms with Crippen LogP contribution in [0.2, 0.25) is 0 Å². The van der Waals surface area contributed by atoms with Crippen LogP contribution in [0.4, 0.5) is 0 Å². The third-order valence-electron chi connectivity index (χ3n) is 2.99. The molecular weight excluding hydrogens is 310 g/mol. The van der Waals surface area contributed by atoms with E-state index < -0.39 is 0 Å². The maximum absolute atomic E-state index is 11.5. The molecular formula is C13H22BrN3O2. The summed E-state index contributed by atoms with van der Waals surface area (Å²) in [6.07, 6.45) is 3.85. The minimum Gasteiger partial charge on any atom is -0.312 e. The van der Waals surface area contributed by atoms with Gasteiger partial charge in [0.25, 0.3) is 5.56 Å². The lowest BCUT2D eigenvalue weighted by Crippen LogP contribution is -2.35. The van der Waals surface area contributed by atoms with Crippen LogP contribution in [0.25, 0.3) is 0 Å². The second-order valence-corrected chi connectivity index (χ2v) is 6.11. The lowest BCUT2D eigenvalue weighted by atomic mass is 10.0. The molecule has 1 unspecified atom stereocenters. The Balaban J connectivity index is 2.43. The molecule has 0 fully saturated rings. The zero-order valence-electron chi connectivity index (χ0n) is 11.7. The molecule has 0 amide bonds. The Bertz CT molecular complexity index is 507. The number of H-pyrrole nitrogens is 1. The number of nitrogens with zero attached hydrogens (tertiary/aromatic N) is 1. The Labute approximate surface area is 121 Å². The molecule has 1 atom stereocenters. The number of hydrogen-bond donors (Lipinski definition) is 2. The van der Waals surface area contributed by atoms with E-state index in [0.29, 0.717) is 29.5 Å². The van der Waals surface area contributed by atoms with Gasteiger partial charge in [-0.15, -0.1) is 0 Å². The summed E-state index contributed by atoms with van der Waals surface area (Å²) in [6, 6.07) is 0.435. The molecule has 0 aliphatic rings. The van der Waals surface area contributed by atoms with Crippen molar-refractivity contribution in [2.45, 2.75) is 46.2 Å². The second kappa shape index (κ2) is 7.65. The summed E-state index contributed by atoms with van der Waals surface area (Å²) in [6.45, 7) is 7.82. The quantitative estimate of drug-likeness (QED) is 0.799. The fraction of sp³-hybridized carbons (Fsp3) is 0.692. The molecule has 0 aliphatic carbocycles. The Hall–Kier alpha value is -0.880. The van der Waals surface area contributed by atoms with Crippen LogP contribution in [-0.2, 0) is 6.54 Å². The molecule has 5 nitrogen and oxygen atoms in total. The van der Waals surface area contributed by atoms with E-state index in [4.69, 9.17) is 0 Å². The first-order valence-electron chi connectivity index (χ1n) is 6.62. The van der Waals surface area contributed by atoms with Gasteiger partial charge >= 0.3 is 5.69 Å². The van der Waals surface area contributed by atoms with Gasteiger partial charge in [-0.25, -0.2) is 4.79 Å². The van der Waals surface area contributed by atoms with Crippen molar-refractivity contribution in [3.8, 4) is 0 Å². The zero-order chi connectivity index (χ0) is 14.4. The van der Waals surface area contributed by atoms with Crippen LogP contribution in [0.5, 0.6) is 0 Å². The largest absolute Gasteiger partial charge is 0.328 e. The normalized spacial score (nSPS) is 12.9. The van der Waals surface area contributed by atoms with Crippen molar-refractivity contribution in [3.63, 3.8) is 0 Å². The summed E-state index contributed by atoms with van der Waals surface area (Å²) < 4.78 is 1.87. The number of aromatic amines is 1. The van der Waals surface area contributed by atoms with E-state index in [0.717, 1.165) is 6.42 Å². The lowest BCUT2D eigenvalue weighted by Gasteiger charge is -2.15. The molecule has 6 heteroatoms. The van der Waals surface area contributed by atoms with Gasteiger partial charge in [-0.3, -0.25) is 14.3 Å². The summed E-state index contributed by atoms with van der Waals surface area (Å²) in [7, 11) is 0. The molecule has 1 rings (SSSR count). The number of hydrogen-bond acceptors (Lipinski definition) is 3. The summed E-state index contributed by atoms with van der Waals surface area (Å²) >= 11 is 3.12. The molecule has 0 radical (unpaired) electrons. The van der Waals surface area contributed by atoms with Crippen molar-refractivity contribution in [1.29, 1.82) is 0 Å². The van der Waals surface area contributed by atoms with Crippen molar-refractivity contribution < 1.29 is 0 Å². The molecule has 2 N–H and O–H groups in total. The standard InChI is InChI=1S/C13H22BrN3O2/c1-9(2)4-5-10(3)15-6-7-17-8-11(14)12(18)16-13(17)19/h8-10,15H,4-7H2,1-3H3,(H,16,18,19). The Kier molecular flexibility index (Phi) is 6.51. The fourth-order valence-electron chi connectivity index (χ4n) is 1.77. The van der Waals surface area contributed by atoms with Crippen LogP contribution in [0.15, 0.2) is 20.3 Å². The van der Waals surface area contributed by atoms with E-state index in [-0.39, 0.29) is 11.2 Å². The minimum absolute atomic E-state index is 0.371. The number of nitrogens with one attached hydrogen (secondary N) is 2. The zero-order valence-corrected chi connectivity index (χ0v) is 13.3. The summed E-state index contributed by atoms with van der Waals surface area (Å²) in [5.41, 5.74) is -0.760. The molecule has 1 aromatic heterocycles. The first-order chi connectivity index (χ1) is 8.90. The van der Waals surface area contributed by atoms with Crippen molar-refractivity contribution >= 4 is 15.9 Å².